The van der Waals surface area contributed by atoms with Crippen LogP contribution in [0.4, 0.5) is 0 Å². The zero-order valence-electron chi connectivity index (χ0n) is 12.8. The second-order valence-corrected chi connectivity index (χ2v) is 7.64. The molecule has 23 heavy (non-hydrogen) atoms. The number of hydrogen-bond donors (Lipinski definition) is 2. The van der Waals surface area contributed by atoms with Gasteiger partial charge in [0.2, 0.25) is 5.91 Å². The number of carbonyl (C=O) groups is 2. The molecule has 0 spiro atoms. The molecule has 1 aromatic carbocycles. The summed E-state index contributed by atoms with van der Waals surface area (Å²) in [6, 6.07) is 8.56. The molecule has 0 bridgehead atoms. The number of ether oxygens (including phenoxy) is 1. The van der Waals surface area contributed by atoms with Crippen molar-refractivity contribution in [3.05, 3.63) is 35.9 Å². The second kappa shape index (κ2) is 7.56. The Balaban J connectivity index is 1.82. The van der Waals surface area contributed by atoms with E-state index in [1.165, 1.54) is 7.11 Å². The van der Waals surface area contributed by atoms with Crippen LogP contribution in [0.3, 0.4) is 0 Å². The van der Waals surface area contributed by atoms with Crippen molar-refractivity contribution < 1.29 is 22.7 Å². The lowest BCUT2D eigenvalue weighted by molar-refractivity contribution is -0.133. The maximum Gasteiger partial charge on any atom is 0.254 e. The van der Waals surface area contributed by atoms with Crippen molar-refractivity contribution >= 4 is 21.7 Å². The van der Waals surface area contributed by atoms with Gasteiger partial charge < -0.3 is 15.4 Å². The number of amides is 2. The zero-order chi connectivity index (χ0) is 16.9. The molecule has 1 aromatic rings. The quantitative estimate of drug-likeness (QED) is 0.746. The van der Waals surface area contributed by atoms with Crippen LogP contribution in [0, 0.1) is 0 Å². The molecule has 2 unspecified atom stereocenters. The van der Waals surface area contributed by atoms with Crippen LogP contribution >= 0.6 is 0 Å². The standard InChI is InChI=1S/C15H20N2O5S/c1-22-14(11-5-3-2-4-6-11)15(19)16-9-13(18)17-12-7-8-23(20,21)10-12/h2-6,12,14H,7-10H2,1H3,(H,16,19)(H,17,18). The Morgan fingerprint density at radius 3 is 2.57 bits per heavy atom. The number of benzene rings is 1. The number of sulfone groups is 1. The lowest BCUT2D eigenvalue weighted by Gasteiger charge is -2.16. The maximum absolute atomic E-state index is 12.1. The summed E-state index contributed by atoms with van der Waals surface area (Å²) in [5, 5.41) is 5.11. The van der Waals surface area contributed by atoms with Gasteiger partial charge in [0.05, 0.1) is 18.1 Å². The first-order valence-corrected chi connectivity index (χ1v) is 9.08. The highest BCUT2D eigenvalue weighted by molar-refractivity contribution is 7.91. The molecule has 8 heteroatoms. The van der Waals surface area contributed by atoms with E-state index in [1.54, 1.807) is 24.3 Å². The van der Waals surface area contributed by atoms with E-state index < -0.39 is 27.8 Å². The highest BCUT2D eigenvalue weighted by Gasteiger charge is 2.29. The van der Waals surface area contributed by atoms with E-state index in [0.717, 1.165) is 0 Å². The molecule has 1 saturated heterocycles. The molecule has 7 nitrogen and oxygen atoms in total. The minimum atomic E-state index is -3.05. The first-order chi connectivity index (χ1) is 10.9. The summed E-state index contributed by atoms with van der Waals surface area (Å²) in [6.07, 6.45) is -0.386. The van der Waals surface area contributed by atoms with Crippen LogP contribution in [0.15, 0.2) is 30.3 Å². The maximum atomic E-state index is 12.1. The molecule has 1 aliphatic rings. The summed E-state index contributed by atoms with van der Waals surface area (Å²) < 4.78 is 27.8. The summed E-state index contributed by atoms with van der Waals surface area (Å²) in [5.41, 5.74) is 0.690. The van der Waals surface area contributed by atoms with Gasteiger partial charge in [0.25, 0.3) is 5.91 Å². The van der Waals surface area contributed by atoms with E-state index in [4.69, 9.17) is 4.74 Å². The van der Waals surface area contributed by atoms with Gasteiger partial charge in [-0.2, -0.15) is 0 Å². The van der Waals surface area contributed by atoms with Crippen molar-refractivity contribution in [1.82, 2.24) is 10.6 Å². The largest absolute Gasteiger partial charge is 0.367 e. The Hall–Kier alpha value is -1.93. The number of nitrogens with one attached hydrogen (secondary N) is 2. The Labute approximate surface area is 135 Å². The third-order valence-corrected chi connectivity index (χ3v) is 5.36. The van der Waals surface area contributed by atoms with E-state index in [9.17, 15) is 18.0 Å². The Kier molecular flexibility index (Phi) is 5.73. The van der Waals surface area contributed by atoms with Crippen molar-refractivity contribution in [2.45, 2.75) is 18.6 Å². The fraction of sp³-hybridized carbons (Fsp3) is 0.467. The monoisotopic (exact) mass is 340 g/mol. The van der Waals surface area contributed by atoms with E-state index >= 15 is 0 Å². The van der Waals surface area contributed by atoms with Crippen molar-refractivity contribution in [2.24, 2.45) is 0 Å². The number of rotatable bonds is 6. The van der Waals surface area contributed by atoms with Crippen molar-refractivity contribution in [3.8, 4) is 0 Å². The van der Waals surface area contributed by atoms with Gasteiger partial charge in [0.15, 0.2) is 15.9 Å². The first-order valence-electron chi connectivity index (χ1n) is 7.26. The normalized spacial score (nSPS) is 20.7. The van der Waals surface area contributed by atoms with Gasteiger partial charge in [0, 0.05) is 13.2 Å². The summed E-state index contributed by atoms with van der Waals surface area (Å²) in [4.78, 5) is 23.9. The molecule has 2 N–H and O–H groups in total. The van der Waals surface area contributed by atoms with E-state index in [2.05, 4.69) is 10.6 Å². The number of methoxy groups -OCH3 is 1. The number of hydrogen-bond acceptors (Lipinski definition) is 5. The lowest BCUT2D eigenvalue weighted by Crippen LogP contribution is -2.43. The Morgan fingerprint density at radius 1 is 1.30 bits per heavy atom. The van der Waals surface area contributed by atoms with Gasteiger partial charge in [0.1, 0.15) is 0 Å². The lowest BCUT2D eigenvalue weighted by atomic mass is 10.1. The highest BCUT2D eigenvalue weighted by Crippen LogP contribution is 2.16. The molecule has 2 amide bonds. The predicted octanol–water partition coefficient (Wildman–Crippen LogP) is -0.206. The van der Waals surface area contributed by atoms with Gasteiger partial charge in [-0.3, -0.25) is 9.59 Å². The van der Waals surface area contributed by atoms with Crippen molar-refractivity contribution in [2.75, 3.05) is 25.2 Å². The summed E-state index contributed by atoms with van der Waals surface area (Å²) in [5.74, 6) is -0.794. The van der Waals surface area contributed by atoms with Crippen molar-refractivity contribution in [1.29, 1.82) is 0 Å². The van der Waals surface area contributed by atoms with Gasteiger partial charge in [-0.15, -0.1) is 0 Å². The SMILES string of the molecule is COC(C(=O)NCC(=O)NC1CCS(=O)(=O)C1)c1ccccc1. The summed E-state index contributed by atoms with van der Waals surface area (Å²) in [6.45, 7) is -0.220. The van der Waals surface area contributed by atoms with Crippen LogP contribution in [0.1, 0.15) is 18.1 Å². The average molecular weight is 340 g/mol. The minimum absolute atomic E-state index is 0.0442. The topological polar surface area (TPSA) is 102 Å². The fourth-order valence-corrected chi connectivity index (χ4v) is 4.14. The van der Waals surface area contributed by atoms with E-state index in [0.29, 0.717) is 12.0 Å². The summed E-state index contributed by atoms with van der Waals surface area (Å²) in [7, 11) is -1.63. The van der Waals surface area contributed by atoms with Crippen LogP contribution in [-0.4, -0.2) is 51.4 Å². The molecule has 0 radical (unpaired) electrons. The van der Waals surface area contributed by atoms with Crippen LogP contribution in [0.2, 0.25) is 0 Å². The number of carbonyl (C=O) groups excluding carboxylic acids is 2. The smallest absolute Gasteiger partial charge is 0.254 e. The second-order valence-electron chi connectivity index (χ2n) is 5.41. The Bertz CT molecular complexity index is 660. The average Bonchev–Trinajstić information content (AvgIpc) is 2.86. The molecule has 0 aromatic heterocycles. The molecule has 0 saturated carbocycles. The predicted molar refractivity (Wildman–Crippen MR) is 84.4 cm³/mol. The van der Waals surface area contributed by atoms with Crippen LogP contribution in [-0.2, 0) is 24.2 Å². The van der Waals surface area contributed by atoms with E-state index in [-0.39, 0.29) is 24.1 Å². The van der Waals surface area contributed by atoms with Gasteiger partial charge in [-0.25, -0.2) is 8.42 Å². The molecule has 2 rings (SSSR count). The third kappa shape index (κ3) is 5.04. The van der Waals surface area contributed by atoms with Crippen molar-refractivity contribution in [3.63, 3.8) is 0 Å². The van der Waals surface area contributed by atoms with Gasteiger partial charge in [-0.1, -0.05) is 30.3 Å². The minimum Gasteiger partial charge on any atom is -0.367 e. The molecule has 1 heterocycles. The molecule has 126 valence electrons. The van der Waals surface area contributed by atoms with E-state index in [1.807, 2.05) is 6.07 Å². The molecule has 1 aliphatic heterocycles. The van der Waals surface area contributed by atoms with Crippen LogP contribution in [0.5, 0.6) is 0 Å². The van der Waals surface area contributed by atoms with Gasteiger partial charge in [-0.05, 0) is 12.0 Å². The van der Waals surface area contributed by atoms with Gasteiger partial charge >= 0.3 is 0 Å². The first kappa shape index (κ1) is 17.4. The van der Waals surface area contributed by atoms with Crippen LogP contribution < -0.4 is 10.6 Å². The van der Waals surface area contributed by atoms with Crippen LogP contribution in [0.25, 0.3) is 0 Å². The highest BCUT2D eigenvalue weighted by atomic mass is 32.2. The molecule has 0 aliphatic carbocycles. The summed E-state index contributed by atoms with van der Waals surface area (Å²) >= 11 is 0. The zero-order valence-corrected chi connectivity index (χ0v) is 13.6. The fourth-order valence-electron chi connectivity index (χ4n) is 2.47. The Morgan fingerprint density at radius 2 is 2.00 bits per heavy atom. The molecular formula is C15H20N2O5S. The third-order valence-electron chi connectivity index (χ3n) is 3.60. The molecule has 2 atom stereocenters. The molecule has 1 fully saturated rings. The molecular weight excluding hydrogens is 320 g/mol.